The third kappa shape index (κ3) is 4.88. The predicted octanol–water partition coefficient (Wildman–Crippen LogP) is 2.42. The van der Waals surface area contributed by atoms with Gasteiger partial charge in [-0.3, -0.25) is 4.79 Å². The Balaban J connectivity index is 3.03. The molecule has 0 fully saturated rings. The molecule has 104 valence electrons. The highest BCUT2D eigenvalue weighted by Gasteiger charge is 2.14. The first kappa shape index (κ1) is 16.1. The molecule has 5 nitrogen and oxygen atoms in total. The molecule has 8 heteroatoms. The third-order valence-electron chi connectivity index (χ3n) is 2.02. The Morgan fingerprint density at radius 3 is 2.11 bits per heavy atom. The lowest BCUT2D eigenvalue weighted by Gasteiger charge is -2.04. The second-order valence-corrected chi connectivity index (χ2v) is 6.90. The average molecular weight is 318 g/mol. The van der Waals surface area contributed by atoms with Gasteiger partial charge in [-0.05, 0) is 36.8 Å². The molecule has 0 spiro atoms. The summed E-state index contributed by atoms with van der Waals surface area (Å²) in [5.41, 5.74) is 0.547. The first-order chi connectivity index (χ1) is 8.89. The van der Waals surface area contributed by atoms with Gasteiger partial charge in [-0.25, -0.2) is 0 Å². The molecule has 0 aliphatic rings. The van der Waals surface area contributed by atoms with Gasteiger partial charge in [-0.1, -0.05) is 0 Å². The van der Waals surface area contributed by atoms with Crippen LogP contribution in [0, 0.1) is 0 Å². The van der Waals surface area contributed by atoms with Crippen molar-refractivity contribution < 1.29 is 13.2 Å². The summed E-state index contributed by atoms with van der Waals surface area (Å²) in [7, 11) is -3.70. The molecule has 0 aliphatic carbocycles. The van der Waals surface area contributed by atoms with Gasteiger partial charge < -0.3 is 5.32 Å². The summed E-state index contributed by atoms with van der Waals surface area (Å²) in [6, 6.07) is 5.90. The Labute approximate surface area is 121 Å². The van der Waals surface area contributed by atoms with Crippen LogP contribution in [0.25, 0.3) is 0 Å². The number of carbonyl (C=O) groups is 1. The van der Waals surface area contributed by atoms with Crippen molar-refractivity contribution in [3.63, 3.8) is 0 Å². The van der Waals surface area contributed by atoms with E-state index in [1.165, 1.54) is 54.7 Å². The molecular weight excluding hydrogens is 304 g/mol. The largest absolute Gasteiger partial charge is 0.326 e. The number of anilines is 1. The number of benzene rings is 1. The molecule has 0 atom stereocenters. The first-order valence-electron chi connectivity index (χ1n) is 5.19. The van der Waals surface area contributed by atoms with Crippen LogP contribution >= 0.6 is 23.5 Å². The van der Waals surface area contributed by atoms with E-state index in [9.17, 15) is 13.2 Å². The van der Waals surface area contributed by atoms with Crippen molar-refractivity contribution in [1.29, 1.82) is 0 Å². The van der Waals surface area contributed by atoms with Gasteiger partial charge in [0.05, 0.1) is 4.90 Å². The van der Waals surface area contributed by atoms with Crippen LogP contribution in [0.5, 0.6) is 0 Å². The maximum absolute atomic E-state index is 12.0. The highest BCUT2D eigenvalue weighted by Crippen LogP contribution is 2.20. The van der Waals surface area contributed by atoms with Crippen LogP contribution in [-0.4, -0.2) is 31.2 Å². The lowest BCUT2D eigenvalue weighted by molar-refractivity contribution is -0.114. The van der Waals surface area contributed by atoms with Crippen LogP contribution in [-0.2, 0) is 14.8 Å². The number of rotatable bonds is 3. The number of hydrogen-bond donors (Lipinski definition) is 1. The molecule has 1 amide bonds. The van der Waals surface area contributed by atoms with Gasteiger partial charge in [0.25, 0.3) is 10.0 Å². The van der Waals surface area contributed by atoms with Crippen molar-refractivity contribution in [2.75, 3.05) is 17.8 Å². The summed E-state index contributed by atoms with van der Waals surface area (Å²) >= 11 is 2.56. The van der Waals surface area contributed by atoms with Crippen LogP contribution in [0.4, 0.5) is 5.69 Å². The van der Waals surface area contributed by atoms with Crippen LogP contribution in [0.15, 0.2) is 33.6 Å². The van der Waals surface area contributed by atoms with E-state index in [2.05, 4.69) is 9.71 Å². The molecule has 0 bridgehead atoms. The number of thioether (sulfide) groups is 2. The summed E-state index contributed by atoms with van der Waals surface area (Å²) < 4.78 is 28.2. The van der Waals surface area contributed by atoms with Gasteiger partial charge in [-0.2, -0.15) is 8.42 Å². The first-order valence-corrected chi connectivity index (χ1v) is 9.08. The molecule has 0 aromatic heterocycles. The average Bonchev–Trinajstić information content (AvgIpc) is 2.36. The minimum atomic E-state index is -3.70. The minimum absolute atomic E-state index is 0.0993. The van der Waals surface area contributed by atoms with Gasteiger partial charge in [0.2, 0.25) is 5.91 Å². The quantitative estimate of drug-likeness (QED) is 0.684. The summed E-state index contributed by atoms with van der Waals surface area (Å²) in [5, 5.41) is 2.57. The van der Waals surface area contributed by atoms with Crippen LogP contribution in [0.3, 0.4) is 0 Å². The summed E-state index contributed by atoms with van der Waals surface area (Å²) in [6.07, 6.45) is 3.54. The van der Waals surface area contributed by atoms with E-state index < -0.39 is 10.0 Å². The van der Waals surface area contributed by atoms with E-state index in [1.54, 1.807) is 12.5 Å². The monoisotopic (exact) mass is 318 g/mol. The van der Waals surface area contributed by atoms with Gasteiger partial charge in [-0.15, -0.1) is 27.9 Å². The van der Waals surface area contributed by atoms with Gasteiger partial charge in [0.1, 0.15) is 4.38 Å². The van der Waals surface area contributed by atoms with E-state index in [-0.39, 0.29) is 10.8 Å². The number of sulfonamides is 1. The maximum Gasteiger partial charge on any atom is 0.283 e. The van der Waals surface area contributed by atoms with Crippen molar-refractivity contribution in [1.82, 2.24) is 0 Å². The second kappa shape index (κ2) is 6.97. The van der Waals surface area contributed by atoms with Crippen LogP contribution < -0.4 is 5.32 Å². The molecule has 19 heavy (non-hydrogen) atoms. The van der Waals surface area contributed by atoms with Crippen molar-refractivity contribution in [2.24, 2.45) is 4.40 Å². The Kier molecular flexibility index (Phi) is 5.89. The van der Waals surface area contributed by atoms with E-state index in [4.69, 9.17) is 0 Å². The summed E-state index contributed by atoms with van der Waals surface area (Å²) in [5.74, 6) is -0.208. The maximum atomic E-state index is 12.0. The Hall–Kier alpha value is -0.990. The number of carbonyl (C=O) groups excluding carboxylic acids is 1. The normalized spacial score (nSPS) is 10.9. The number of nitrogens with one attached hydrogen (secondary N) is 1. The molecule has 0 saturated carbocycles. The van der Waals surface area contributed by atoms with Gasteiger partial charge >= 0.3 is 0 Å². The summed E-state index contributed by atoms with van der Waals surface area (Å²) in [4.78, 5) is 11.0. The van der Waals surface area contributed by atoms with Crippen molar-refractivity contribution in [3.05, 3.63) is 24.3 Å². The van der Waals surface area contributed by atoms with Gasteiger partial charge in [0.15, 0.2) is 0 Å². The lowest BCUT2D eigenvalue weighted by Crippen LogP contribution is -2.06. The Bertz CT molecular complexity index is 574. The molecule has 1 aromatic carbocycles. The number of hydrogen-bond acceptors (Lipinski definition) is 5. The SMILES string of the molecule is CSC(=NS(=O)(=O)c1ccc(NC(C)=O)cc1)SC. The topological polar surface area (TPSA) is 75.6 Å². The van der Waals surface area contributed by atoms with E-state index in [0.29, 0.717) is 10.1 Å². The zero-order valence-electron chi connectivity index (χ0n) is 10.7. The molecule has 1 aromatic rings. The smallest absolute Gasteiger partial charge is 0.283 e. The number of amides is 1. The van der Waals surface area contributed by atoms with Crippen LogP contribution in [0.1, 0.15) is 6.92 Å². The zero-order valence-corrected chi connectivity index (χ0v) is 13.2. The molecule has 0 radical (unpaired) electrons. The Morgan fingerprint density at radius 2 is 1.68 bits per heavy atom. The molecule has 0 aliphatic heterocycles. The fourth-order valence-corrected chi connectivity index (χ4v) is 3.86. The molecule has 0 unspecified atom stereocenters. The molecule has 0 heterocycles. The second-order valence-electron chi connectivity index (χ2n) is 3.45. The predicted molar refractivity (Wildman–Crippen MR) is 82.4 cm³/mol. The summed E-state index contributed by atoms with van der Waals surface area (Å²) in [6.45, 7) is 1.39. The minimum Gasteiger partial charge on any atom is -0.326 e. The van der Waals surface area contributed by atoms with E-state index in [0.717, 1.165) is 0 Å². The molecule has 0 saturated heterocycles. The standard InChI is InChI=1S/C11H14N2O3S3/c1-8(14)12-9-4-6-10(7-5-9)19(15,16)13-11(17-2)18-3/h4-7H,1-3H3,(H,12,14). The lowest BCUT2D eigenvalue weighted by atomic mass is 10.3. The molecular formula is C11H14N2O3S3. The van der Waals surface area contributed by atoms with E-state index >= 15 is 0 Å². The highest BCUT2D eigenvalue weighted by atomic mass is 32.2. The van der Waals surface area contributed by atoms with E-state index in [1.807, 2.05) is 0 Å². The molecule has 1 rings (SSSR count). The fraction of sp³-hybridized carbons (Fsp3) is 0.273. The highest BCUT2D eigenvalue weighted by molar-refractivity contribution is 8.38. The fourth-order valence-electron chi connectivity index (χ4n) is 1.22. The molecule has 1 N–H and O–H groups in total. The Morgan fingerprint density at radius 1 is 1.16 bits per heavy atom. The zero-order chi connectivity index (χ0) is 14.5. The van der Waals surface area contributed by atoms with Crippen LogP contribution in [0.2, 0.25) is 0 Å². The van der Waals surface area contributed by atoms with Crippen molar-refractivity contribution in [2.45, 2.75) is 11.8 Å². The number of nitrogens with zero attached hydrogens (tertiary/aromatic N) is 1. The van der Waals surface area contributed by atoms with Crippen molar-refractivity contribution in [3.8, 4) is 0 Å². The van der Waals surface area contributed by atoms with Crippen molar-refractivity contribution >= 4 is 49.5 Å². The van der Waals surface area contributed by atoms with Gasteiger partial charge in [0, 0.05) is 12.6 Å². The third-order valence-corrected chi connectivity index (χ3v) is 5.42.